The molecule has 0 amide bonds. The van der Waals surface area contributed by atoms with Crippen molar-refractivity contribution in [3.05, 3.63) is 101 Å². The van der Waals surface area contributed by atoms with E-state index in [0.717, 1.165) is 13.4 Å². The fraction of sp³-hybridized carbons (Fsp3) is 0.100. The third kappa shape index (κ3) is 2.00. The van der Waals surface area contributed by atoms with E-state index in [9.17, 15) is 0 Å². The quantitative estimate of drug-likeness (QED) is 0.220. The van der Waals surface area contributed by atoms with Gasteiger partial charge in [0.25, 0.3) is 0 Å². The van der Waals surface area contributed by atoms with Gasteiger partial charge in [-0.25, -0.2) is 0 Å². The first kappa shape index (κ1) is 14.4. The molecule has 0 nitrogen and oxygen atoms in total. The van der Waals surface area contributed by atoms with Gasteiger partial charge in [0, 0.05) is 25.3 Å². The molecule has 0 N–H and O–H groups in total. The van der Waals surface area contributed by atoms with Gasteiger partial charge in [-0.2, -0.15) is 0 Å². The van der Waals surface area contributed by atoms with Crippen LogP contribution in [0, 0.1) is 0 Å². The maximum atomic E-state index is 3.65. The van der Waals surface area contributed by atoms with Crippen LogP contribution < -0.4 is 0 Å². The van der Waals surface area contributed by atoms with Crippen LogP contribution in [0.3, 0.4) is 0 Å². The first-order valence-corrected chi connectivity index (χ1v) is 9.89. The standard InChI is InChI=1S/C20H11Br3/c21-10-1-4-13-16(7-10)20-17-8-11(22)2-5-14(17)19(13)15-6-3-12(23)9-18(15)20/h1-9,19-20H. The minimum atomic E-state index is 0.312. The summed E-state index contributed by atoms with van der Waals surface area (Å²) >= 11 is 11.0. The lowest BCUT2D eigenvalue weighted by Crippen LogP contribution is -2.27. The Morgan fingerprint density at radius 2 is 0.739 bits per heavy atom. The third-order valence-corrected chi connectivity index (χ3v) is 6.49. The Bertz CT molecular complexity index is 847. The minimum Gasteiger partial charge on any atom is -0.0566 e. The van der Waals surface area contributed by atoms with Gasteiger partial charge in [0.05, 0.1) is 0 Å². The molecular weight excluding hydrogens is 480 g/mol. The molecule has 0 saturated carbocycles. The van der Waals surface area contributed by atoms with Crippen LogP contribution in [-0.2, 0) is 0 Å². The van der Waals surface area contributed by atoms with Gasteiger partial charge in [-0.05, 0) is 69.8 Å². The molecule has 0 atom stereocenters. The molecule has 0 saturated heterocycles. The highest BCUT2D eigenvalue weighted by Crippen LogP contribution is 2.56. The molecule has 6 rings (SSSR count). The van der Waals surface area contributed by atoms with E-state index < -0.39 is 0 Å². The van der Waals surface area contributed by atoms with Crippen molar-refractivity contribution < 1.29 is 0 Å². The Kier molecular flexibility index (Phi) is 3.17. The molecule has 0 heterocycles. The van der Waals surface area contributed by atoms with E-state index in [2.05, 4.69) is 102 Å². The van der Waals surface area contributed by atoms with Gasteiger partial charge in [-0.15, -0.1) is 0 Å². The molecule has 3 aliphatic rings. The van der Waals surface area contributed by atoms with E-state index in [1.807, 2.05) is 0 Å². The molecule has 0 aromatic heterocycles. The van der Waals surface area contributed by atoms with Gasteiger partial charge < -0.3 is 0 Å². The van der Waals surface area contributed by atoms with E-state index in [-0.39, 0.29) is 0 Å². The third-order valence-electron chi connectivity index (χ3n) is 5.01. The maximum absolute atomic E-state index is 3.65. The molecular formula is C20H11Br3. The summed E-state index contributed by atoms with van der Waals surface area (Å²) in [6, 6.07) is 20.2. The zero-order chi connectivity index (χ0) is 15.7. The number of hydrogen-bond acceptors (Lipinski definition) is 0. The molecule has 0 radical (unpaired) electrons. The van der Waals surface area contributed by atoms with Crippen LogP contribution in [-0.4, -0.2) is 0 Å². The lowest BCUT2D eigenvalue weighted by molar-refractivity contribution is 0.752. The summed E-state index contributed by atoms with van der Waals surface area (Å²) in [5.74, 6) is 0.654. The monoisotopic (exact) mass is 488 g/mol. The van der Waals surface area contributed by atoms with Crippen molar-refractivity contribution in [2.45, 2.75) is 11.8 Å². The van der Waals surface area contributed by atoms with Gasteiger partial charge in [0.1, 0.15) is 0 Å². The predicted octanol–water partition coefficient (Wildman–Crippen LogP) is 6.96. The maximum Gasteiger partial charge on any atom is 0.0350 e. The average Bonchev–Trinajstić information content (AvgIpc) is 2.53. The molecule has 23 heavy (non-hydrogen) atoms. The SMILES string of the molecule is Brc1ccc2c(c1)C1c3cc(Br)ccc3C2c2ccc(Br)cc21. The van der Waals surface area contributed by atoms with Crippen LogP contribution in [0.1, 0.15) is 45.2 Å². The topological polar surface area (TPSA) is 0 Å². The summed E-state index contributed by atoms with van der Waals surface area (Å²) < 4.78 is 3.45. The molecule has 3 heteroatoms. The molecule has 3 aromatic carbocycles. The smallest absolute Gasteiger partial charge is 0.0350 e. The van der Waals surface area contributed by atoms with Crippen molar-refractivity contribution >= 4 is 47.8 Å². The Balaban J connectivity index is 1.90. The van der Waals surface area contributed by atoms with Crippen molar-refractivity contribution in [2.75, 3.05) is 0 Å². The van der Waals surface area contributed by atoms with Gasteiger partial charge in [0.2, 0.25) is 0 Å². The number of rotatable bonds is 0. The van der Waals surface area contributed by atoms with Gasteiger partial charge in [0.15, 0.2) is 0 Å². The predicted molar refractivity (Wildman–Crippen MR) is 104 cm³/mol. The Labute approximate surface area is 160 Å². The zero-order valence-corrected chi connectivity index (χ0v) is 16.7. The lowest BCUT2D eigenvalue weighted by atomic mass is 9.61. The molecule has 112 valence electrons. The summed E-state index contributed by atoms with van der Waals surface area (Å²) in [6.07, 6.45) is 0. The summed E-state index contributed by atoms with van der Waals surface area (Å²) in [5, 5.41) is 0. The highest BCUT2D eigenvalue weighted by Gasteiger charge is 2.41. The second-order valence-electron chi connectivity index (χ2n) is 6.19. The molecule has 3 aromatic rings. The summed E-state index contributed by atoms with van der Waals surface area (Å²) in [7, 11) is 0. The van der Waals surface area contributed by atoms with Crippen molar-refractivity contribution in [1.29, 1.82) is 0 Å². The fourth-order valence-electron chi connectivity index (χ4n) is 4.18. The van der Waals surface area contributed by atoms with Crippen molar-refractivity contribution in [3.63, 3.8) is 0 Å². The van der Waals surface area contributed by atoms with Gasteiger partial charge >= 0.3 is 0 Å². The highest BCUT2D eigenvalue weighted by molar-refractivity contribution is 9.11. The second kappa shape index (κ2) is 5.05. The molecule has 0 spiro atoms. The summed E-state index contributed by atoms with van der Waals surface area (Å²) in [4.78, 5) is 0. The van der Waals surface area contributed by atoms with Gasteiger partial charge in [-0.3, -0.25) is 0 Å². The van der Waals surface area contributed by atoms with E-state index in [1.54, 1.807) is 0 Å². The van der Waals surface area contributed by atoms with E-state index in [0.29, 0.717) is 11.8 Å². The molecule has 0 unspecified atom stereocenters. The van der Waals surface area contributed by atoms with E-state index in [4.69, 9.17) is 0 Å². The van der Waals surface area contributed by atoms with Gasteiger partial charge in [-0.1, -0.05) is 66.0 Å². The Morgan fingerprint density at radius 1 is 0.435 bits per heavy atom. The first-order valence-electron chi connectivity index (χ1n) is 7.51. The number of halogens is 3. The second-order valence-corrected chi connectivity index (χ2v) is 8.93. The van der Waals surface area contributed by atoms with Crippen molar-refractivity contribution in [1.82, 2.24) is 0 Å². The Hall–Kier alpha value is -0.900. The van der Waals surface area contributed by atoms with E-state index in [1.165, 1.54) is 33.4 Å². The van der Waals surface area contributed by atoms with Crippen LogP contribution >= 0.6 is 47.8 Å². The van der Waals surface area contributed by atoms with Crippen molar-refractivity contribution in [3.8, 4) is 0 Å². The first-order chi connectivity index (χ1) is 11.1. The molecule has 3 aliphatic carbocycles. The highest BCUT2D eigenvalue weighted by atomic mass is 79.9. The summed E-state index contributed by atoms with van der Waals surface area (Å²) in [5.41, 5.74) is 8.63. The van der Waals surface area contributed by atoms with Crippen LogP contribution in [0.4, 0.5) is 0 Å². The number of benzene rings is 3. The van der Waals surface area contributed by atoms with E-state index >= 15 is 0 Å². The fourth-order valence-corrected chi connectivity index (χ4v) is 5.32. The van der Waals surface area contributed by atoms with Crippen LogP contribution in [0.2, 0.25) is 0 Å². The van der Waals surface area contributed by atoms with Crippen LogP contribution in [0.5, 0.6) is 0 Å². The number of hydrogen-bond donors (Lipinski definition) is 0. The largest absolute Gasteiger partial charge is 0.0566 e. The lowest BCUT2D eigenvalue weighted by Gasteiger charge is -2.42. The molecule has 2 bridgehead atoms. The Morgan fingerprint density at radius 3 is 1.09 bits per heavy atom. The summed E-state index contributed by atoms with van der Waals surface area (Å²) in [6.45, 7) is 0. The normalized spacial score (nSPS) is 20.0. The van der Waals surface area contributed by atoms with Crippen LogP contribution in [0.25, 0.3) is 0 Å². The minimum absolute atomic E-state index is 0.312. The molecule has 0 aliphatic heterocycles. The van der Waals surface area contributed by atoms with Crippen LogP contribution in [0.15, 0.2) is 68.0 Å². The average molecular weight is 491 g/mol. The molecule has 0 fully saturated rings. The van der Waals surface area contributed by atoms with Crippen molar-refractivity contribution in [2.24, 2.45) is 0 Å². The zero-order valence-electron chi connectivity index (χ0n) is 12.0.